The number of ether oxygens (including phenoxy) is 1. The van der Waals surface area contributed by atoms with Gasteiger partial charge in [0.25, 0.3) is 0 Å². The van der Waals surface area contributed by atoms with E-state index in [1.807, 2.05) is 54.6 Å². The predicted octanol–water partition coefficient (Wildman–Crippen LogP) is 7.35. The van der Waals surface area contributed by atoms with Crippen LogP contribution in [0.25, 0.3) is 11.1 Å². The first-order valence-electron chi connectivity index (χ1n) is 13.7. The quantitative estimate of drug-likeness (QED) is 0.253. The van der Waals surface area contributed by atoms with Gasteiger partial charge in [-0.15, -0.1) is 0 Å². The number of carboxylic acids is 1. The molecule has 1 amide bonds. The Morgan fingerprint density at radius 3 is 2.06 bits per heavy atom. The summed E-state index contributed by atoms with van der Waals surface area (Å²) in [7, 11) is 0. The summed E-state index contributed by atoms with van der Waals surface area (Å²) in [4.78, 5) is 25.6. The van der Waals surface area contributed by atoms with Crippen LogP contribution in [0.5, 0.6) is 0 Å². The van der Waals surface area contributed by atoms with E-state index in [-0.39, 0.29) is 12.2 Å². The molecule has 1 aliphatic rings. The van der Waals surface area contributed by atoms with Crippen molar-refractivity contribution in [2.24, 2.45) is 0 Å². The van der Waals surface area contributed by atoms with E-state index in [2.05, 4.69) is 10.2 Å². The summed E-state index contributed by atoms with van der Waals surface area (Å²) in [5.41, 5.74) is 2.82. The number of unbranched alkanes of at least 4 members (excludes halogenated alkanes) is 8. The minimum atomic E-state index is -0.682. The number of hydrogen-bond acceptors (Lipinski definition) is 4. The van der Waals surface area contributed by atoms with Gasteiger partial charge in [0.15, 0.2) is 0 Å². The Morgan fingerprint density at radius 1 is 0.806 bits per heavy atom. The number of anilines is 1. The van der Waals surface area contributed by atoms with Crippen LogP contribution in [0.2, 0.25) is 0 Å². The van der Waals surface area contributed by atoms with Gasteiger partial charge in [0, 0.05) is 25.1 Å². The number of carbonyl (C=O) groups excluding carboxylic acids is 1. The van der Waals surface area contributed by atoms with Crippen molar-refractivity contribution in [1.82, 2.24) is 4.90 Å². The number of carbonyl (C=O) groups is 2. The molecule has 0 atom stereocenters. The van der Waals surface area contributed by atoms with Gasteiger partial charge in [0.1, 0.15) is 6.10 Å². The number of nitrogens with one attached hydrogen (secondary N) is 1. The molecule has 1 heterocycles. The fraction of sp³-hybridized carbons (Fsp3) is 0.533. The summed E-state index contributed by atoms with van der Waals surface area (Å²) in [5, 5.41) is 11.6. The Kier molecular flexibility index (Phi) is 12.3. The van der Waals surface area contributed by atoms with Crippen molar-refractivity contribution in [3.8, 4) is 11.1 Å². The summed E-state index contributed by atoms with van der Waals surface area (Å²) in [5.74, 6) is -0.682. The molecule has 1 aliphatic heterocycles. The van der Waals surface area contributed by atoms with Crippen molar-refractivity contribution >= 4 is 17.7 Å². The van der Waals surface area contributed by atoms with Gasteiger partial charge in [-0.2, -0.15) is 0 Å². The van der Waals surface area contributed by atoms with Crippen molar-refractivity contribution in [3.63, 3.8) is 0 Å². The van der Waals surface area contributed by atoms with Gasteiger partial charge in [-0.3, -0.25) is 10.1 Å². The second-order valence-corrected chi connectivity index (χ2v) is 9.81. The normalized spacial score (nSPS) is 14.4. The minimum Gasteiger partial charge on any atom is -0.481 e. The zero-order chi connectivity index (χ0) is 25.4. The fourth-order valence-corrected chi connectivity index (χ4v) is 4.85. The minimum absolute atomic E-state index is 0.0272. The zero-order valence-corrected chi connectivity index (χ0v) is 21.5. The van der Waals surface area contributed by atoms with Crippen LogP contribution in [0, 0.1) is 0 Å². The third-order valence-electron chi connectivity index (χ3n) is 6.92. The SMILES string of the molecule is O=C(O)CCCCCCCCCCCN1CCC(OC(=O)Nc2ccccc2-c2ccccc2)CC1. The number of amides is 1. The van der Waals surface area contributed by atoms with Crippen molar-refractivity contribution in [3.05, 3.63) is 54.6 Å². The lowest BCUT2D eigenvalue weighted by molar-refractivity contribution is -0.137. The highest BCUT2D eigenvalue weighted by Gasteiger charge is 2.22. The molecule has 6 nitrogen and oxygen atoms in total. The molecule has 0 radical (unpaired) electrons. The number of piperidine rings is 1. The van der Waals surface area contributed by atoms with Crippen LogP contribution in [0.1, 0.15) is 77.0 Å². The number of aliphatic carboxylic acids is 1. The third kappa shape index (κ3) is 10.4. The summed E-state index contributed by atoms with van der Waals surface area (Å²) in [6.07, 6.45) is 12.2. The first-order valence-corrected chi connectivity index (χ1v) is 13.7. The highest BCUT2D eigenvalue weighted by Crippen LogP contribution is 2.28. The second kappa shape index (κ2) is 16.0. The molecule has 0 aromatic heterocycles. The first kappa shape index (κ1) is 27.7. The first-order chi connectivity index (χ1) is 17.6. The van der Waals surface area contributed by atoms with Crippen LogP contribution in [-0.2, 0) is 9.53 Å². The highest BCUT2D eigenvalue weighted by atomic mass is 16.6. The van der Waals surface area contributed by atoms with Crippen LogP contribution < -0.4 is 5.32 Å². The molecule has 0 saturated carbocycles. The van der Waals surface area contributed by atoms with Crippen LogP contribution in [0.15, 0.2) is 54.6 Å². The zero-order valence-electron chi connectivity index (χ0n) is 21.5. The molecule has 2 N–H and O–H groups in total. The summed E-state index contributed by atoms with van der Waals surface area (Å²) >= 11 is 0. The van der Waals surface area contributed by atoms with E-state index in [0.29, 0.717) is 6.42 Å². The molecule has 1 fully saturated rings. The Hall–Kier alpha value is -2.86. The average Bonchev–Trinajstić information content (AvgIpc) is 2.89. The third-order valence-corrected chi connectivity index (χ3v) is 6.92. The molecular formula is C30H42N2O4. The van der Waals surface area contributed by atoms with E-state index >= 15 is 0 Å². The van der Waals surface area contributed by atoms with Crippen molar-refractivity contribution in [1.29, 1.82) is 0 Å². The van der Waals surface area contributed by atoms with Crippen molar-refractivity contribution in [2.75, 3.05) is 25.0 Å². The molecule has 0 bridgehead atoms. The lowest BCUT2D eigenvalue weighted by atomic mass is 10.0. The standard InChI is InChI=1S/C30H42N2O4/c33-29(34)19-11-6-4-2-1-3-5-7-14-22-32-23-20-26(21-24-32)36-30(35)31-28-18-13-12-17-27(28)25-15-9-8-10-16-25/h8-10,12-13,15-18,26H,1-7,11,14,19-24H2,(H,31,35)(H,33,34). The summed E-state index contributed by atoms with van der Waals surface area (Å²) in [6, 6.07) is 17.9. The Bertz CT molecular complexity index is 910. The molecule has 3 rings (SSSR count). The van der Waals surface area contributed by atoms with Gasteiger partial charge >= 0.3 is 12.1 Å². The lowest BCUT2D eigenvalue weighted by Crippen LogP contribution is -2.38. The maximum atomic E-state index is 12.6. The number of carboxylic acid groups (broad SMARTS) is 1. The van der Waals surface area contributed by atoms with Crippen molar-refractivity contribution in [2.45, 2.75) is 83.2 Å². The molecule has 0 spiro atoms. The molecule has 2 aromatic carbocycles. The number of para-hydroxylation sites is 1. The lowest BCUT2D eigenvalue weighted by Gasteiger charge is -2.31. The molecule has 0 aliphatic carbocycles. The molecule has 0 unspecified atom stereocenters. The Balaban J connectivity index is 1.24. The maximum Gasteiger partial charge on any atom is 0.411 e. The van der Waals surface area contributed by atoms with Gasteiger partial charge in [-0.05, 0) is 43.9 Å². The smallest absolute Gasteiger partial charge is 0.411 e. The topological polar surface area (TPSA) is 78.9 Å². The van der Waals surface area contributed by atoms with Crippen LogP contribution in [0.4, 0.5) is 10.5 Å². The fourth-order valence-electron chi connectivity index (χ4n) is 4.85. The van der Waals surface area contributed by atoms with Crippen LogP contribution in [0.3, 0.4) is 0 Å². The second-order valence-electron chi connectivity index (χ2n) is 9.81. The number of likely N-dealkylation sites (tertiary alicyclic amines) is 1. The molecule has 196 valence electrons. The van der Waals surface area contributed by atoms with E-state index < -0.39 is 5.97 Å². The summed E-state index contributed by atoms with van der Waals surface area (Å²) < 4.78 is 5.75. The average molecular weight is 495 g/mol. The van der Waals surface area contributed by atoms with E-state index in [9.17, 15) is 9.59 Å². The van der Waals surface area contributed by atoms with Gasteiger partial charge in [0.05, 0.1) is 5.69 Å². The number of hydrogen-bond donors (Lipinski definition) is 2. The van der Waals surface area contributed by atoms with E-state index in [1.165, 1.54) is 38.5 Å². The highest BCUT2D eigenvalue weighted by molar-refractivity contribution is 5.91. The van der Waals surface area contributed by atoms with E-state index in [4.69, 9.17) is 9.84 Å². The molecule has 1 saturated heterocycles. The molecule has 36 heavy (non-hydrogen) atoms. The van der Waals surface area contributed by atoms with Gasteiger partial charge in [-0.1, -0.05) is 93.5 Å². The Labute approximate surface area is 216 Å². The molecule has 2 aromatic rings. The van der Waals surface area contributed by atoms with Crippen molar-refractivity contribution < 1.29 is 19.4 Å². The van der Waals surface area contributed by atoms with Gasteiger partial charge in [0.2, 0.25) is 0 Å². The van der Waals surface area contributed by atoms with Gasteiger partial charge in [-0.25, -0.2) is 4.79 Å². The number of nitrogens with zero attached hydrogens (tertiary/aromatic N) is 1. The predicted molar refractivity (Wildman–Crippen MR) is 145 cm³/mol. The maximum absolute atomic E-state index is 12.6. The summed E-state index contributed by atoms with van der Waals surface area (Å²) in [6.45, 7) is 3.09. The van der Waals surface area contributed by atoms with Crippen LogP contribution >= 0.6 is 0 Å². The van der Waals surface area contributed by atoms with E-state index in [0.717, 1.165) is 68.6 Å². The number of rotatable bonds is 15. The Morgan fingerprint density at radius 2 is 1.39 bits per heavy atom. The van der Waals surface area contributed by atoms with E-state index in [1.54, 1.807) is 0 Å². The van der Waals surface area contributed by atoms with Gasteiger partial charge < -0.3 is 14.7 Å². The molecule has 6 heteroatoms. The largest absolute Gasteiger partial charge is 0.481 e. The number of benzene rings is 2. The molecular weight excluding hydrogens is 452 g/mol. The monoisotopic (exact) mass is 494 g/mol. The van der Waals surface area contributed by atoms with Crippen LogP contribution in [-0.4, -0.2) is 47.8 Å².